The quantitative estimate of drug-likeness (QED) is 0.912. The second-order valence-corrected chi connectivity index (χ2v) is 4.86. The minimum absolute atomic E-state index is 0.227. The van der Waals surface area contributed by atoms with Crippen LogP contribution in [0.4, 0.5) is 10.1 Å². The summed E-state index contributed by atoms with van der Waals surface area (Å²) in [5.74, 6) is -0.227. The molecule has 2 aromatic rings. The van der Waals surface area contributed by atoms with Gasteiger partial charge in [0.05, 0.1) is 0 Å². The highest BCUT2D eigenvalue weighted by Crippen LogP contribution is 2.17. The van der Waals surface area contributed by atoms with Crippen LogP contribution in [0.25, 0.3) is 0 Å². The van der Waals surface area contributed by atoms with Crippen LogP contribution in [0.15, 0.2) is 42.5 Å². The Morgan fingerprint density at radius 1 is 1.05 bits per heavy atom. The summed E-state index contributed by atoms with van der Waals surface area (Å²) in [6, 6.07) is 13.3. The first kappa shape index (κ1) is 13.6. The molecule has 0 aliphatic carbocycles. The molecule has 0 saturated carbocycles. The lowest BCUT2D eigenvalue weighted by Crippen LogP contribution is -2.16. The third-order valence-electron chi connectivity index (χ3n) is 3.15. The fourth-order valence-corrected chi connectivity index (χ4v) is 2.09. The van der Waals surface area contributed by atoms with Gasteiger partial charge in [0.15, 0.2) is 0 Å². The molecule has 0 aromatic heterocycles. The summed E-state index contributed by atoms with van der Waals surface area (Å²) in [6.45, 7) is 3.08. The average molecular weight is 258 g/mol. The van der Waals surface area contributed by atoms with Crippen LogP contribution >= 0.6 is 0 Å². The van der Waals surface area contributed by atoms with Gasteiger partial charge in [0, 0.05) is 25.8 Å². The molecule has 0 radical (unpaired) electrons. The summed E-state index contributed by atoms with van der Waals surface area (Å²) in [4.78, 5) is 2.09. The summed E-state index contributed by atoms with van der Waals surface area (Å²) >= 11 is 0. The van der Waals surface area contributed by atoms with Crippen molar-refractivity contribution < 1.29 is 4.39 Å². The van der Waals surface area contributed by atoms with E-state index in [4.69, 9.17) is 5.73 Å². The van der Waals surface area contributed by atoms with Gasteiger partial charge in [-0.2, -0.15) is 0 Å². The first-order chi connectivity index (χ1) is 9.08. The molecule has 0 amide bonds. The van der Waals surface area contributed by atoms with Gasteiger partial charge in [0.2, 0.25) is 0 Å². The maximum absolute atomic E-state index is 13.4. The Hall–Kier alpha value is -1.87. The predicted molar refractivity (Wildman–Crippen MR) is 77.6 cm³/mol. The van der Waals surface area contributed by atoms with Gasteiger partial charge in [-0.1, -0.05) is 23.8 Å². The van der Waals surface area contributed by atoms with E-state index in [2.05, 4.69) is 36.1 Å². The van der Waals surface area contributed by atoms with Crippen LogP contribution in [-0.4, -0.2) is 7.05 Å². The van der Waals surface area contributed by atoms with Crippen molar-refractivity contribution in [3.63, 3.8) is 0 Å². The van der Waals surface area contributed by atoms with Crippen molar-refractivity contribution in [1.29, 1.82) is 0 Å². The van der Waals surface area contributed by atoms with Crippen molar-refractivity contribution in [2.75, 3.05) is 11.9 Å². The van der Waals surface area contributed by atoms with E-state index in [0.29, 0.717) is 13.1 Å². The number of anilines is 1. The molecule has 0 aliphatic rings. The van der Waals surface area contributed by atoms with Crippen LogP contribution in [0.2, 0.25) is 0 Å². The van der Waals surface area contributed by atoms with Crippen molar-refractivity contribution in [3.05, 3.63) is 65.0 Å². The maximum Gasteiger partial charge on any atom is 0.123 e. The molecule has 2 aromatic carbocycles. The monoisotopic (exact) mass is 258 g/mol. The summed E-state index contributed by atoms with van der Waals surface area (Å²) in [5, 5.41) is 0. The van der Waals surface area contributed by atoms with E-state index in [0.717, 1.165) is 16.8 Å². The van der Waals surface area contributed by atoms with E-state index in [1.54, 1.807) is 6.07 Å². The minimum atomic E-state index is -0.227. The van der Waals surface area contributed by atoms with E-state index in [9.17, 15) is 4.39 Å². The van der Waals surface area contributed by atoms with Crippen molar-refractivity contribution in [1.82, 2.24) is 0 Å². The van der Waals surface area contributed by atoms with E-state index in [1.807, 2.05) is 13.1 Å². The highest BCUT2D eigenvalue weighted by atomic mass is 19.1. The fourth-order valence-electron chi connectivity index (χ4n) is 2.09. The number of rotatable bonds is 4. The summed E-state index contributed by atoms with van der Waals surface area (Å²) in [6.07, 6.45) is 0. The smallest absolute Gasteiger partial charge is 0.123 e. The molecule has 0 heterocycles. The zero-order valence-electron chi connectivity index (χ0n) is 11.4. The van der Waals surface area contributed by atoms with Gasteiger partial charge in [0.25, 0.3) is 0 Å². The van der Waals surface area contributed by atoms with Crippen LogP contribution in [0.5, 0.6) is 0 Å². The van der Waals surface area contributed by atoms with Crippen molar-refractivity contribution in [2.24, 2.45) is 5.73 Å². The third-order valence-corrected chi connectivity index (χ3v) is 3.15. The van der Waals surface area contributed by atoms with E-state index < -0.39 is 0 Å². The van der Waals surface area contributed by atoms with Crippen molar-refractivity contribution in [2.45, 2.75) is 20.0 Å². The molecule has 0 spiro atoms. The summed E-state index contributed by atoms with van der Waals surface area (Å²) in [5.41, 5.74) is 9.67. The maximum atomic E-state index is 13.4. The second-order valence-electron chi connectivity index (χ2n) is 4.86. The van der Waals surface area contributed by atoms with Gasteiger partial charge >= 0.3 is 0 Å². The molecule has 0 atom stereocenters. The Kier molecular flexibility index (Phi) is 4.17. The van der Waals surface area contributed by atoms with Crippen LogP contribution < -0.4 is 10.6 Å². The number of aryl methyl sites for hydroxylation is 1. The predicted octanol–water partition coefficient (Wildman–Crippen LogP) is 3.23. The zero-order chi connectivity index (χ0) is 13.8. The van der Waals surface area contributed by atoms with Crippen molar-refractivity contribution in [3.8, 4) is 0 Å². The standard InChI is InChI=1S/C16H19FN2/c1-12-3-5-16(6-4-12)19(2)11-14-7-13(10-18)8-15(17)9-14/h3-9H,10-11,18H2,1-2H3. The third kappa shape index (κ3) is 3.55. The van der Waals surface area contributed by atoms with E-state index in [-0.39, 0.29) is 5.82 Å². The molecule has 0 saturated heterocycles. The molecule has 0 unspecified atom stereocenters. The Bertz CT molecular complexity index is 549. The lowest BCUT2D eigenvalue weighted by Gasteiger charge is -2.20. The second kappa shape index (κ2) is 5.85. The number of benzene rings is 2. The lowest BCUT2D eigenvalue weighted by molar-refractivity contribution is 0.622. The van der Waals surface area contributed by atoms with Gasteiger partial charge in [0.1, 0.15) is 5.82 Å². The van der Waals surface area contributed by atoms with Crippen LogP contribution in [0.3, 0.4) is 0 Å². The number of nitrogens with two attached hydrogens (primary N) is 1. The molecule has 100 valence electrons. The molecule has 0 bridgehead atoms. The summed E-state index contributed by atoms with van der Waals surface area (Å²) < 4.78 is 13.4. The van der Waals surface area contributed by atoms with Gasteiger partial charge in [-0.05, 0) is 42.3 Å². The molecular weight excluding hydrogens is 239 g/mol. The van der Waals surface area contributed by atoms with Crippen LogP contribution in [0.1, 0.15) is 16.7 Å². The first-order valence-electron chi connectivity index (χ1n) is 6.34. The number of hydrogen-bond donors (Lipinski definition) is 1. The topological polar surface area (TPSA) is 29.3 Å². The first-order valence-corrected chi connectivity index (χ1v) is 6.34. The Morgan fingerprint density at radius 2 is 1.68 bits per heavy atom. The van der Waals surface area contributed by atoms with E-state index in [1.165, 1.54) is 11.6 Å². The number of halogens is 1. The largest absolute Gasteiger partial charge is 0.370 e. The van der Waals surface area contributed by atoms with Gasteiger partial charge < -0.3 is 10.6 Å². The van der Waals surface area contributed by atoms with Crippen molar-refractivity contribution >= 4 is 5.69 Å². The van der Waals surface area contributed by atoms with Gasteiger partial charge in [-0.3, -0.25) is 0 Å². The van der Waals surface area contributed by atoms with Crippen LogP contribution in [0, 0.1) is 12.7 Å². The normalized spacial score (nSPS) is 10.5. The SMILES string of the molecule is Cc1ccc(N(C)Cc2cc(F)cc(CN)c2)cc1. The molecule has 3 heteroatoms. The zero-order valence-corrected chi connectivity index (χ0v) is 11.4. The molecule has 0 aliphatic heterocycles. The highest BCUT2D eigenvalue weighted by Gasteiger charge is 2.05. The minimum Gasteiger partial charge on any atom is -0.370 e. The molecule has 2 nitrogen and oxygen atoms in total. The Balaban J connectivity index is 2.16. The fraction of sp³-hybridized carbons (Fsp3) is 0.250. The number of hydrogen-bond acceptors (Lipinski definition) is 2. The van der Waals surface area contributed by atoms with Crippen LogP contribution in [-0.2, 0) is 13.1 Å². The average Bonchev–Trinajstić information content (AvgIpc) is 2.38. The molecule has 0 fully saturated rings. The summed E-state index contributed by atoms with van der Waals surface area (Å²) in [7, 11) is 2.00. The molecule has 2 N–H and O–H groups in total. The molecular formula is C16H19FN2. The molecule has 2 rings (SSSR count). The Labute approximate surface area is 113 Å². The van der Waals surface area contributed by atoms with E-state index >= 15 is 0 Å². The van der Waals surface area contributed by atoms with Gasteiger partial charge in [-0.15, -0.1) is 0 Å². The van der Waals surface area contributed by atoms with Gasteiger partial charge in [-0.25, -0.2) is 4.39 Å². The Morgan fingerprint density at radius 3 is 2.32 bits per heavy atom. The highest BCUT2D eigenvalue weighted by molar-refractivity contribution is 5.47. The number of nitrogens with zero attached hydrogens (tertiary/aromatic N) is 1. The lowest BCUT2D eigenvalue weighted by atomic mass is 10.1. The molecule has 19 heavy (non-hydrogen) atoms.